The van der Waals surface area contributed by atoms with Crippen molar-refractivity contribution in [3.05, 3.63) is 46.5 Å². The number of rotatable bonds is 2. The van der Waals surface area contributed by atoms with Crippen LogP contribution in [0.15, 0.2) is 30.4 Å². The molecule has 3 rings (SSSR count). The Labute approximate surface area is 162 Å². The van der Waals surface area contributed by atoms with Gasteiger partial charge in [-0.3, -0.25) is 4.79 Å². The number of benzene rings is 1. The van der Waals surface area contributed by atoms with Gasteiger partial charge in [-0.25, -0.2) is 4.79 Å². The average Bonchev–Trinajstić information content (AvgIpc) is 3.36. The van der Waals surface area contributed by atoms with Crippen LogP contribution in [-0.4, -0.2) is 44.3 Å². The fraction of sp³-hybridized carbons (Fsp3) is 0.400. The molecule has 1 fully saturated rings. The van der Waals surface area contributed by atoms with Crippen molar-refractivity contribution < 1.29 is 28.5 Å². The summed E-state index contributed by atoms with van der Waals surface area (Å²) in [5, 5.41) is 0.188. The van der Waals surface area contributed by atoms with Crippen LogP contribution in [0, 0.1) is 0 Å². The van der Waals surface area contributed by atoms with Gasteiger partial charge in [0.25, 0.3) is 0 Å². The molecule has 0 amide bonds. The molecule has 7 heteroatoms. The van der Waals surface area contributed by atoms with E-state index in [0.29, 0.717) is 17.7 Å². The van der Waals surface area contributed by atoms with Crippen LogP contribution in [0.25, 0.3) is 0 Å². The summed E-state index contributed by atoms with van der Waals surface area (Å²) in [6.07, 6.45) is 6.84. The number of carbonyl (C=O) groups is 2. The van der Waals surface area contributed by atoms with Crippen LogP contribution in [0.4, 0.5) is 0 Å². The zero-order valence-electron chi connectivity index (χ0n) is 15.4. The lowest BCUT2D eigenvalue weighted by Crippen LogP contribution is -2.20. The molecule has 1 aromatic rings. The Balaban J connectivity index is 2.06. The summed E-state index contributed by atoms with van der Waals surface area (Å²) in [7, 11) is 2.88. The number of esters is 1. The fourth-order valence-electron chi connectivity index (χ4n) is 3.06. The lowest BCUT2D eigenvalue weighted by atomic mass is 9.99. The van der Waals surface area contributed by atoms with Crippen molar-refractivity contribution in [2.75, 3.05) is 14.2 Å². The number of halogens is 1. The zero-order valence-corrected chi connectivity index (χ0v) is 16.1. The first kappa shape index (κ1) is 19.5. The SMILES string of the molecule is COc1cc(OC)c2c(c1Cl)CC(=O)/C=C/C=C\[C@@H]1O[C@H]1C[C@@H](C)OC2=O. The van der Waals surface area contributed by atoms with E-state index in [-0.39, 0.29) is 46.9 Å². The van der Waals surface area contributed by atoms with Crippen molar-refractivity contribution in [1.82, 2.24) is 0 Å². The van der Waals surface area contributed by atoms with Gasteiger partial charge in [-0.1, -0.05) is 29.8 Å². The second-order valence-electron chi connectivity index (χ2n) is 6.43. The van der Waals surface area contributed by atoms with Gasteiger partial charge in [0.05, 0.1) is 25.3 Å². The van der Waals surface area contributed by atoms with Crippen molar-refractivity contribution >= 4 is 23.4 Å². The smallest absolute Gasteiger partial charge is 0.342 e. The number of ether oxygens (including phenoxy) is 4. The molecule has 27 heavy (non-hydrogen) atoms. The molecule has 3 atom stereocenters. The Morgan fingerprint density at radius 3 is 2.59 bits per heavy atom. The van der Waals surface area contributed by atoms with Crippen molar-refractivity contribution in [2.24, 2.45) is 0 Å². The number of hydrogen-bond donors (Lipinski definition) is 0. The fourth-order valence-corrected chi connectivity index (χ4v) is 3.36. The molecular weight excluding hydrogens is 372 g/mol. The van der Waals surface area contributed by atoms with Crippen LogP contribution in [0.5, 0.6) is 11.5 Å². The van der Waals surface area contributed by atoms with E-state index in [1.165, 1.54) is 26.4 Å². The Morgan fingerprint density at radius 2 is 1.89 bits per heavy atom. The van der Waals surface area contributed by atoms with Gasteiger partial charge < -0.3 is 18.9 Å². The summed E-state index contributed by atoms with van der Waals surface area (Å²) < 4.78 is 21.7. The predicted molar refractivity (Wildman–Crippen MR) is 99.7 cm³/mol. The quantitative estimate of drug-likeness (QED) is 0.568. The number of hydrogen-bond acceptors (Lipinski definition) is 6. The molecule has 0 aliphatic carbocycles. The standard InChI is InChI=1S/C20H21ClO6/c1-11-8-15-14(27-15)7-5-4-6-12(22)9-13-18(20(23)26-11)16(24-2)10-17(25-3)19(13)21/h4-7,10-11,14-15H,8-9H2,1-3H3/b6-4+,7-5-/t11-,14+,15+/m1/s1. The third-order valence-corrected chi connectivity index (χ3v) is 4.89. The first-order chi connectivity index (χ1) is 12.9. The van der Waals surface area contributed by atoms with Crippen molar-refractivity contribution in [3.8, 4) is 11.5 Å². The van der Waals surface area contributed by atoms with E-state index < -0.39 is 5.97 Å². The number of allylic oxidation sites excluding steroid dienone is 3. The first-order valence-electron chi connectivity index (χ1n) is 8.62. The van der Waals surface area contributed by atoms with E-state index in [2.05, 4.69) is 0 Å². The maximum Gasteiger partial charge on any atom is 0.342 e. The molecule has 6 nitrogen and oxygen atoms in total. The third-order valence-electron chi connectivity index (χ3n) is 4.47. The molecule has 1 saturated heterocycles. The Morgan fingerprint density at radius 1 is 1.15 bits per heavy atom. The van der Waals surface area contributed by atoms with E-state index >= 15 is 0 Å². The van der Waals surface area contributed by atoms with Gasteiger partial charge in [0.15, 0.2) is 5.78 Å². The molecule has 0 radical (unpaired) electrons. The highest BCUT2D eigenvalue weighted by molar-refractivity contribution is 6.33. The normalized spacial score (nSPS) is 27.5. The van der Waals surface area contributed by atoms with Crippen LogP contribution in [0.1, 0.15) is 29.3 Å². The largest absolute Gasteiger partial charge is 0.496 e. The van der Waals surface area contributed by atoms with Crippen molar-refractivity contribution in [1.29, 1.82) is 0 Å². The number of fused-ring (bicyclic) bond motifs is 2. The van der Waals surface area contributed by atoms with Gasteiger partial charge in [-0.05, 0) is 13.0 Å². The summed E-state index contributed by atoms with van der Waals surface area (Å²) in [5.41, 5.74) is 0.457. The summed E-state index contributed by atoms with van der Waals surface area (Å²) in [5.74, 6) is -0.252. The third kappa shape index (κ3) is 4.34. The molecule has 0 N–H and O–H groups in total. The van der Waals surface area contributed by atoms with Crippen molar-refractivity contribution in [2.45, 2.75) is 38.1 Å². The lowest BCUT2D eigenvalue weighted by molar-refractivity contribution is -0.114. The Kier molecular flexibility index (Phi) is 5.87. The highest BCUT2D eigenvalue weighted by Gasteiger charge is 2.38. The van der Waals surface area contributed by atoms with Gasteiger partial charge in [-0.15, -0.1) is 0 Å². The van der Waals surface area contributed by atoms with Gasteiger partial charge in [0.2, 0.25) is 0 Å². The number of methoxy groups -OCH3 is 2. The van der Waals surface area contributed by atoms with E-state index in [9.17, 15) is 9.59 Å². The lowest BCUT2D eigenvalue weighted by Gasteiger charge is -2.19. The number of ketones is 1. The maximum absolute atomic E-state index is 12.9. The zero-order chi connectivity index (χ0) is 19.6. The van der Waals surface area contributed by atoms with Crippen LogP contribution in [-0.2, 0) is 20.7 Å². The second kappa shape index (κ2) is 8.15. The summed E-state index contributed by atoms with van der Waals surface area (Å²) in [6.45, 7) is 1.80. The molecule has 0 saturated carbocycles. The average molecular weight is 393 g/mol. The molecule has 2 aliphatic heterocycles. The Hall–Kier alpha value is -2.31. The highest BCUT2D eigenvalue weighted by Crippen LogP contribution is 2.39. The van der Waals surface area contributed by atoms with Gasteiger partial charge in [0, 0.05) is 24.5 Å². The van der Waals surface area contributed by atoms with E-state index in [4.69, 9.17) is 30.5 Å². The topological polar surface area (TPSA) is 74.4 Å². The van der Waals surface area contributed by atoms with Gasteiger partial charge in [0.1, 0.15) is 29.3 Å². The summed E-state index contributed by atoms with van der Waals surface area (Å²) in [4.78, 5) is 25.2. The minimum absolute atomic E-state index is 0.00286. The molecule has 0 aromatic heterocycles. The molecule has 0 bridgehead atoms. The van der Waals surface area contributed by atoms with E-state index in [1.54, 1.807) is 19.1 Å². The van der Waals surface area contributed by atoms with Crippen LogP contribution in [0.2, 0.25) is 5.02 Å². The predicted octanol–water partition coefficient (Wildman–Crippen LogP) is 3.30. The second-order valence-corrected chi connectivity index (χ2v) is 6.80. The molecule has 0 unspecified atom stereocenters. The molecule has 144 valence electrons. The first-order valence-corrected chi connectivity index (χ1v) is 8.99. The summed E-state index contributed by atoms with van der Waals surface area (Å²) >= 11 is 6.41. The number of carbonyl (C=O) groups excluding carboxylic acids is 2. The van der Waals surface area contributed by atoms with E-state index in [0.717, 1.165) is 0 Å². The molecule has 0 spiro atoms. The van der Waals surface area contributed by atoms with Gasteiger partial charge >= 0.3 is 5.97 Å². The maximum atomic E-state index is 12.9. The molecule has 1 aromatic carbocycles. The highest BCUT2D eigenvalue weighted by atomic mass is 35.5. The number of epoxide rings is 1. The molecule has 2 aliphatic rings. The van der Waals surface area contributed by atoms with Crippen LogP contribution < -0.4 is 9.47 Å². The van der Waals surface area contributed by atoms with Crippen molar-refractivity contribution in [3.63, 3.8) is 0 Å². The number of cyclic esters (lactones) is 1. The minimum atomic E-state index is -0.597. The van der Waals surface area contributed by atoms with Gasteiger partial charge in [-0.2, -0.15) is 0 Å². The molecular formula is C20H21ClO6. The van der Waals surface area contributed by atoms with Crippen LogP contribution in [0.3, 0.4) is 0 Å². The molecule has 2 heterocycles. The van der Waals surface area contributed by atoms with E-state index in [1.807, 2.05) is 6.08 Å². The monoisotopic (exact) mass is 392 g/mol. The Bertz CT molecular complexity index is 813. The summed E-state index contributed by atoms with van der Waals surface area (Å²) in [6, 6.07) is 1.51. The minimum Gasteiger partial charge on any atom is -0.496 e. The van der Waals surface area contributed by atoms with Crippen LogP contribution >= 0.6 is 11.6 Å².